The summed E-state index contributed by atoms with van der Waals surface area (Å²) < 4.78 is 33.8. The van der Waals surface area contributed by atoms with E-state index in [1.807, 2.05) is 0 Å². The van der Waals surface area contributed by atoms with Crippen molar-refractivity contribution < 1.29 is 22.7 Å². The fourth-order valence-corrected chi connectivity index (χ4v) is 5.63. The monoisotopic (exact) mass is 461 g/mol. The molecule has 2 aromatic carbocycles. The van der Waals surface area contributed by atoms with Gasteiger partial charge in [-0.2, -0.15) is 9.30 Å². The number of hydrogen-bond acceptors (Lipinski definition) is 6. The third-order valence-electron chi connectivity index (χ3n) is 4.87. The lowest BCUT2D eigenvalue weighted by Crippen LogP contribution is -2.30. The van der Waals surface area contributed by atoms with Crippen molar-refractivity contribution in [3.63, 3.8) is 0 Å². The highest BCUT2D eigenvalue weighted by molar-refractivity contribution is 7.89. The zero-order chi connectivity index (χ0) is 22.8. The molecule has 0 fully saturated rings. The van der Waals surface area contributed by atoms with Gasteiger partial charge in [-0.1, -0.05) is 25.2 Å². The van der Waals surface area contributed by atoms with Crippen LogP contribution in [-0.4, -0.2) is 49.4 Å². The molecule has 3 aromatic rings. The summed E-state index contributed by atoms with van der Waals surface area (Å²) in [7, 11) is -0.490. The molecular formula is C21H23N3O5S2. The second-order valence-corrected chi connectivity index (χ2v) is 9.60. The number of rotatable bonds is 6. The zero-order valence-corrected chi connectivity index (χ0v) is 19.3. The molecule has 0 radical (unpaired) electrons. The smallest absolute Gasteiger partial charge is 0.337 e. The summed E-state index contributed by atoms with van der Waals surface area (Å²) in [6, 6.07) is 10.9. The largest absolute Gasteiger partial charge is 0.465 e. The van der Waals surface area contributed by atoms with Crippen LogP contribution in [0.1, 0.15) is 34.6 Å². The standard InChI is InChI=1S/C21H23N3O5S2/c1-5-24(6-2)31(27,28)16-10-7-14(8-11-16)19(25)22-21-23(3)17-12-9-15(20(26)29-4)13-18(17)30-21/h7-13H,5-6H2,1-4H3. The maximum Gasteiger partial charge on any atom is 0.337 e. The van der Waals surface area contributed by atoms with E-state index in [0.29, 0.717) is 23.5 Å². The van der Waals surface area contributed by atoms with Gasteiger partial charge in [-0.05, 0) is 42.5 Å². The number of fused-ring (bicyclic) bond motifs is 1. The lowest BCUT2D eigenvalue weighted by molar-refractivity contribution is 0.0600. The number of hydrogen-bond donors (Lipinski definition) is 0. The minimum absolute atomic E-state index is 0.135. The number of amides is 1. The minimum atomic E-state index is -3.59. The molecule has 0 saturated carbocycles. The number of thiazole rings is 1. The maximum absolute atomic E-state index is 12.7. The first-order valence-electron chi connectivity index (χ1n) is 9.60. The van der Waals surface area contributed by atoms with Gasteiger partial charge in [-0.3, -0.25) is 4.79 Å². The first-order chi connectivity index (χ1) is 14.7. The molecule has 0 aliphatic heterocycles. The van der Waals surface area contributed by atoms with Crippen molar-refractivity contribution in [1.29, 1.82) is 0 Å². The highest BCUT2D eigenvalue weighted by Gasteiger charge is 2.21. The molecule has 0 unspecified atom stereocenters. The molecule has 0 aliphatic rings. The molecule has 0 N–H and O–H groups in total. The van der Waals surface area contributed by atoms with Crippen LogP contribution in [0.2, 0.25) is 0 Å². The zero-order valence-electron chi connectivity index (χ0n) is 17.7. The van der Waals surface area contributed by atoms with E-state index in [-0.39, 0.29) is 10.5 Å². The Hall–Kier alpha value is -2.82. The highest BCUT2D eigenvalue weighted by atomic mass is 32.2. The second-order valence-electron chi connectivity index (χ2n) is 6.65. The van der Waals surface area contributed by atoms with Crippen LogP contribution in [-0.2, 0) is 21.8 Å². The van der Waals surface area contributed by atoms with Gasteiger partial charge in [0.05, 0.1) is 27.8 Å². The van der Waals surface area contributed by atoms with Gasteiger partial charge in [0.1, 0.15) is 0 Å². The lowest BCUT2D eigenvalue weighted by Gasteiger charge is -2.18. The number of carbonyl (C=O) groups excluding carboxylic acids is 2. The fraction of sp³-hybridized carbons (Fsp3) is 0.286. The quantitative estimate of drug-likeness (QED) is 0.526. The molecule has 3 rings (SSSR count). The topological polar surface area (TPSA) is 98.0 Å². The predicted molar refractivity (Wildman–Crippen MR) is 119 cm³/mol. The van der Waals surface area contributed by atoms with E-state index in [1.54, 1.807) is 43.7 Å². The molecule has 8 nitrogen and oxygen atoms in total. The Kier molecular flexibility index (Phi) is 6.73. The van der Waals surface area contributed by atoms with Crippen LogP contribution in [0.3, 0.4) is 0 Å². The number of aromatic nitrogens is 1. The van der Waals surface area contributed by atoms with Crippen LogP contribution in [0.25, 0.3) is 10.2 Å². The average Bonchev–Trinajstić information content (AvgIpc) is 3.08. The number of esters is 1. The highest BCUT2D eigenvalue weighted by Crippen LogP contribution is 2.20. The third kappa shape index (κ3) is 4.46. The van der Waals surface area contributed by atoms with Gasteiger partial charge in [0.25, 0.3) is 5.91 Å². The molecule has 0 spiro atoms. The first kappa shape index (κ1) is 22.9. The number of aryl methyl sites for hydroxylation is 1. The molecular weight excluding hydrogens is 438 g/mol. The van der Waals surface area contributed by atoms with Crippen LogP contribution in [0.4, 0.5) is 0 Å². The van der Waals surface area contributed by atoms with E-state index in [9.17, 15) is 18.0 Å². The van der Waals surface area contributed by atoms with E-state index in [4.69, 9.17) is 4.74 Å². The predicted octanol–water partition coefficient (Wildman–Crippen LogP) is 2.80. The molecule has 1 amide bonds. The summed E-state index contributed by atoms with van der Waals surface area (Å²) in [5.41, 5.74) is 1.52. The normalized spacial score (nSPS) is 12.5. The molecule has 0 atom stereocenters. The van der Waals surface area contributed by atoms with E-state index in [0.717, 1.165) is 10.2 Å². The summed E-state index contributed by atoms with van der Waals surface area (Å²) in [5.74, 6) is -0.922. The van der Waals surface area contributed by atoms with E-state index < -0.39 is 21.9 Å². The molecule has 10 heteroatoms. The van der Waals surface area contributed by atoms with Crippen LogP contribution in [0, 0.1) is 0 Å². The Labute approximate surface area is 184 Å². The van der Waals surface area contributed by atoms with Crippen LogP contribution in [0.15, 0.2) is 52.4 Å². The SMILES string of the molecule is CCN(CC)S(=O)(=O)c1ccc(C(=O)N=c2sc3cc(C(=O)OC)ccc3n2C)cc1. The minimum Gasteiger partial charge on any atom is -0.465 e. The molecule has 0 bridgehead atoms. The number of carbonyl (C=O) groups is 2. The van der Waals surface area contributed by atoms with Gasteiger partial charge < -0.3 is 9.30 Å². The van der Waals surface area contributed by atoms with E-state index in [1.165, 1.54) is 47.0 Å². The Balaban J connectivity index is 1.94. The van der Waals surface area contributed by atoms with Crippen molar-refractivity contribution in [1.82, 2.24) is 8.87 Å². The Morgan fingerprint density at radius 2 is 1.68 bits per heavy atom. The van der Waals surface area contributed by atoms with Crippen LogP contribution in [0.5, 0.6) is 0 Å². The van der Waals surface area contributed by atoms with Crippen LogP contribution < -0.4 is 4.80 Å². The van der Waals surface area contributed by atoms with Gasteiger partial charge in [-0.15, -0.1) is 0 Å². The van der Waals surface area contributed by atoms with Gasteiger partial charge in [0.2, 0.25) is 10.0 Å². The van der Waals surface area contributed by atoms with Crippen molar-refractivity contribution in [2.75, 3.05) is 20.2 Å². The van der Waals surface area contributed by atoms with Gasteiger partial charge in [0.15, 0.2) is 4.80 Å². The molecule has 0 saturated heterocycles. The van der Waals surface area contributed by atoms with Crippen LogP contribution >= 0.6 is 11.3 Å². The first-order valence-corrected chi connectivity index (χ1v) is 11.9. The Morgan fingerprint density at radius 3 is 2.26 bits per heavy atom. The van der Waals surface area contributed by atoms with Gasteiger partial charge >= 0.3 is 5.97 Å². The molecule has 0 aliphatic carbocycles. The summed E-state index contributed by atoms with van der Waals surface area (Å²) in [6.07, 6.45) is 0. The molecule has 31 heavy (non-hydrogen) atoms. The van der Waals surface area contributed by atoms with E-state index >= 15 is 0 Å². The third-order valence-corrected chi connectivity index (χ3v) is 8.03. The Morgan fingerprint density at radius 1 is 1.06 bits per heavy atom. The average molecular weight is 462 g/mol. The number of ether oxygens (including phenoxy) is 1. The van der Waals surface area contributed by atoms with Crippen molar-refractivity contribution in [3.05, 3.63) is 58.4 Å². The summed E-state index contributed by atoms with van der Waals surface area (Å²) >= 11 is 1.27. The summed E-state index contributed by atoms with van der Waals surface area (Å²) in [4.78, 5) is 29.2. The van der Waals surface area contributed by atoms with Crippen molar-refractivity contribution in [2.45, 2.75) is 18.7 Å². The summed E-state index contributed by atoms with van der Waals surface area (Å²) in [5, 5.41) is 0. The number of benzene rings is 2. The molecule has 164 valence electrons. The second kappa shape index (κ2) is 9.13. The maximum atomic E-state index is 12.7. The van der Waals surface area contributed by atoms with Crippen molar-refractivity contribution in [3.8, 4) is 0 Å². The van der Waals surface area contributed by atoms with E-state index in [2.05, 4.69) is 4.99 Å². The summed E-state index contributed by atoms with van der Waals surface area (Å²) in [6.45, 7) is 4.29. The van der Waals surface area contributed by atoms with Gasteiger partial charge in [0, 0.05) is 25.7 Å². The van der Waals surface area contributed by atoms with Crippen molar-refractivity contribution >= 4 is 43.5 Å². The number of sulfonamides is 1. The molecule has 1 heterocycles. The number of methoxy groups -OCH3 is 1. The molecule has 1 aromatic heterocycles. The van der Waals surface area contributed by atoms with Crippen molar-refractivity contribution in [2.24, 2.45) is 12.0 Å². The number of nitrogens with zero attached hydrogens (tertiary/aromatic N) is 3. The van der Waals surface area contributed by atoms with Gasteiger partial charge in [-0.25, -0.2) is 13.2 Å². The lowest BCUT2D eigenvalue weighted by atomic mass is 10.2. The Bertz CT molecular complexity index is 1300. The fourth-order valence-electron chi connectivity index (χ4n) is 3.12.